The van der Waals surface area contributed by atoms with Crippen molar-refractivity contribution in [1.82, 2.24) is 4.98 Å². The summed E-state index contributed by atoms with van der Waals surface area (Å²) in [4.78, 5) is 4.51. The van der Waals surface area contributed by atoms with E-state index in [0.717, 1.165) is 22.0 Å². The van der Waals surface area contributed by atoms with Crippen LogP contribution < -0.4 is 10.5 Å². The summed E-state index contributed by atoms with van der Waals surface area (Å²) >= 11 is 1.66. The van der Waals surface area contributed by atoms with Gasteiger partial charge >= 0.3 is 0 Å². The normalized spacial score (nSPS) is 12.4. The van der Waals surface area contributed by atoms with Gasteiger partial charge in [-0.3, -0.25) is 0 Å². The molecule has 90 valence electrons. The number of rotatable bonds is 4. The first kappa shape index (κ1) is 12.1. The highest BCUT2D eigenvalue weighted by Gasteiger charge is 2.16. The topological polar surface area (TPSA) is 48.1 Å². The number of nitrogens with two attached hydrogens (primary N) is 1. The molecule has 2 N–H and O–H groups in total. The van der Waals surface area contributed by atoms with Gasteiger partial charge in [-0.1, -0.05) is 12.1 Å². The Morgan fingerprint density at radius 2 is 2.29 bits per heavy atom. The number of aryl methyl sites for hydroxylation is 1. The zero-order chi connectivity index (χ0) is 12.3. The van der Waals surface area contributed by atoms with E-state index in [4.69, 9.17) is 10.5 Å². The summed E-state index contributed by atoms with van der Waals surface area (Å²) in [6, 6.07) is 8.01. The highest BCUT2D eigenvalue weighted by atomic mass is 32.1. The first-order valence-corrected chi connectivity index (χ1v) is 6.38. The summed E-state index contributed by atoms with van der Waals surface area (Å²) in [6.07, 6.45) is 0. The molecule has 0 aliphatic rings. The van der Waals surface area contributed by atoms with Crippen LogP contribution in [-0.2, 0) is 0 Å². The number of ether oxygens (including phenoxy) is 1. The molecule has 4 heteroatoms. The van der Waals surface area contributed by atoms with Crippen LogP contribution in [0.1, 0.15) is 22.2 Å². The molecule has 0 radical (unpaired) electrons. The standard InChI is InChI=1S/C13H16N2OS/c1-9-8-17-13(15-9)12(7-14)10-4-3-5-11(6-10)16-2/h3-6,8,12H,7,14H2,1-2H3. The van der Waals surface area contributed by atoms with Crippen LogP contribution in [-0.4, -0.2) is 18.6 Å². The minimum Gasteiger partial charge on any atom is -0.497 e. The fourth-order valence-corrected chi connectivity index (χ4v) is 2.71. The molecule has 1 atom stereocenters. The molecule has 0 bridgehead atoms. The van der Waals surface area contributed by atoms with Gasteiger partial charge in [-0.25, -0.2) is 4.98 Å². The average Bonchev–Trinajstić information content (AvgIpc) is 2.77. The number of aromatic nitrogens is 1. The molecule has 0 amide bonds. The van der Waals surface area contributed by atoms with Gasteiger partial charge in [-0.05, 0) is 24.6 Å². The number of methoxy groups -OCH3 is 1. The van der Waals surface area contributed by atoms with Crippen LogP contribution in [0.4, 0.5) is 0 Å². The Labute approximate surface area is 105 Å². The van der Waals surface area contributed by atoms with Crippen LogP contribution >= 0.6 is 11.3 Å². The van der Waals surface area contributed by atoms with E-state index in [1.54, 1.807) is 18.4 Å². The summed E-state index contributed by atoms with van der Waals surface area (Å²) in [5.74, 6) is 1.01. The predicted molar refractivity (Wildman–Crippen MR) is 70.7 cm³/mol. The molecular formula is C13H16N2OS. The van der Waals surface area contributed by atoms with Crippen molar-refractivity contribution in [3.8, 4) is 5.75 Å². The van der Waals surface area contributed by atoms with Crippen LogP contribution in [0.15, 0.2) is 29.6 Å². The van der Waals surface area contributed by atoms with Crippen LogP contribution in [0.3, 0.4) is 0 Å². The molecular weight excluding hydrogens is 232 g/mol. The third-order valence-corrected chi connectivity index (χ3v) is 3.74. The van der Waals surface area contributed by atoms with Crippen molar-refractivity contribution in [1.29, 1.82) is 0 Å². The lowest BCUT2D eigenvalue weighted by Gasteiger charge is -2.13. The van der Waals surface area contributed by atoms with Crippen molar-refractivity contribution in [3.05, 3.63) is 45.9 Å². The maximum atomic E-state index is 5.86. The van der Waals surface area contributed by atoms with Gasteiger partial charge in [-0.15, -0.1) is 11.3 Å². The second-order valence-electron chi connectivity index (χ2n) is 3.89. The Hall–Kier alpha value is -1.39. The van der Waals surface area contributed by atoms with E-state index in [1.807, 2.05) is 25.1 Å². The fraction of sp³-hybridized carbons (Fsp3) is 0.308. The maximum absolute atomic E-state index is 5.86. The third-order valence-electron chi connectivity index (χ3n) is 2.67. The van der Waals surface area contributed by atoms with Crippen LogP contribution in [0.5, 0.6) is 5.75 Å². The molecule has 1 unspecified atom stereocenters. The van der Waals surface area contributed by atoms with Gasteiger partial charge in [0, 0.05) is 23.5 Å². The zero-order valence-corrected chi connectivity index (χ0v) is 10.8. The van der Waals surface area contributed by atoms with E-state index in [0.29, 0.717) is 6.54 Å². The summed E-state index contributed by atoms with van der Waals surface area (Å²) in [7, 11) is 1.67. The molecule has 0 fully saturated rings. The Morgan fingerprint density at radius 3 is 2.88 bits per heavy atom. The second kappa shape index (κ2) is 5.29. The van der Waals surface area contributed by atoms with Crippen molar-refractivity contribution < 1.29 is 4.74 Å². The number of nitrogens with zero attached hydrogens (tertiary/aromatic N) is 1. The lowest BCUT2D eigenvalue weighted by molar-refractivity contribution is 0.414. The monoisotopic (exact) mass is 248 g/mol. The molecule has 0 saturated carbocycles. The minimum absolute atomic E-state index is 0.156. The molecule has 0 saturated heterocycles. The molecule has 1 aromatic carbocycles. The number of hydrogen-bond acceptors (Lipinski definition) is 4. The van der Waals surface area contributed by atoms with Crippen molar-refractivity contribution in [2.24, 2.45) is 5.73 Å². The van der Waals surface area contributed by atoms with Crippen LogP contribution in [0, 0.1) is 6.92 Å². The van der Waals surface area contributed by atoms with Crippen molar-refractivity contribution >= 4 is 11.3 Å². The van der Waals surface area contributed by atoms with Crippen molar-refractivity contribution in [3.63, 3.8) is 0 Å². The van der Waals surface area contributed by atoms with Gasteiger partial charge in [0.15, 0.2) is 0 Å². The Bertz CT molecular complexity index is 496. The third kappa shape index (κ3) is 2.65. The number of hydrogen-bond donors (Lipinski definition) is 1. The lowest BCUT2D eigenvalue weighted by Crippen LogP contribution is -2.13. The Balaban J connectivity index is 2.34. The van der Waals surface area contributed by atoms with Crippen molar-refractivity contribution in [2.75, 3.05) is 13.7 Å². The molecule has 17 heavy (non-hydrogen) atoms. The summed E-state index contributed by atoms with van der Waals surface area (Å²) in [6.45, 7) is 2.55. The Morgan fingerprint density at radius 1 is 1.47 bits per heavy atom. The fourth-order valence-electron chi connectivity index (χ4n) is 1.77. The van der Waals surface area contributed by atoms with E-state index in [-0.39, 0.29) is 5.92 Å². The maximum Gasteiger partial charge on any atom is 0.119 e. The van der Waals surface area contributed by atoms with E-state index in [1.165, 1.54) is 0 Å². The molecule has 0 aliphatic carbocycles. The van der Waals surface area contributed by atoms with Gasteiger partial charge in [0.1, 0.15) is 10.8 Å². The van der Waals surface area contributed by atoms with Gasteiger partial charge in [-0.2, -0.15) is 0 Å². The van der Waals surface area contributed by atoms with E-state index in [2.05, 4.69) is 16.4 Å². The zero-order valence-electron chi connectivity index (χ0n) is 10.0. The SMILES string of the molecule is COc1cccc(C(CN)c2nc(C)cs2)c1. The summed E-state index contributed by atoms with van der Waals surface area (Å²) in [5, 5.41) is 3.12. The quantitative estimate of drug-likeness (QED) is 0.904. The van der Waals surface area contributed by atoms with E-state index >= 15 is 0 Å². The highest BCUT2D eigenvalue weighted by molar-refractivity contribution is 7.09. The number of benzene rings is 1. The predicted octanol–water partition coefficient (Wildman–Crippen LogP) is 2.55. The van der Waals surface area contributed by atoms with Gasteiger partial charge < -0.3 is 10.5 Å². The molecule has 1 aromatic heterocycles. The number of thiazole rings is 1. The molecule has 2 rings (SSSR count). The molecule has 3 nitrogen and oxygen atoms in total. The summed E-state index contributed by atoms with van der Waals surface area (Å²) < 4.78 is 5.23. The van der Waals surface area contributed by atoms with Gasteiger partial charge in [0.05, 0.1) is 7.11 Å². The highest BCUT2D eigenvalue weighted by Crippen LogP contribution is 2.28. The van der Waals surface area contributed by atoms with Crippen molar-refractivity contribution in [2.45, 2.75) is 12.8 Å². The Kier molecular flexibility index (Phi) is 3.76. The largest absolute Gasteiger partial charge is 0.497 e. The first-order valence-electron chi connectivity index (χ1n) is 5.50. The van der Waals surface area contributed by atoms with Gasteiger partial charge in [0.2, 0.25) is 0 Å². The molecule has 0 spiro atoms. The van der Waals surface area contributed by atoms with Crippen LogP contribution in [0.2, 0.25) is 0 Å². The van der Waals surface area contributed by atoms with Crippen LogP contribution in [0.25, 0.3) is 0 Å². The second-order valence-corrected chi connectivity index (χ2v) is 4.78. The first-order chi connectivity index (χ1) is 8.24. The molecule has 2 aromatic rings. The van der Waals surface area contributed by atoms with E-state index < -0.39 is 0 Å². The molecule has 1 heterocycles. The van der Waals surface area contributed by atoms with E-state index in [9.17, 15) is 0 Å². The molecule has 0 aliphatic heterocycles. The minimum atomic E-state index is 0.156. The lowest BCUT2D eigenvalue weighted by atomic mass is 10.00. The summed E-state index contributed by atoms with van der Waals surface area (Å²) in [5.41, 5.74) is 8.06. The average molecular weight is 248 g/mol. The smallest absolute Gasteiger partial charge is 0.119 e. The van der Waals surface area contributed by atoms with Gasteiger partial charge in [0.25, 0.3) is 0 Å².